The summed E-state index contributed by atoms with van der Waals surface area (Å²) in [5.74, 6) is 0.907. The Kier molecular flexibility index (Phi) is 4.70. The second-order valence-corrected chi connectivity index (χ2v) is 6.06. The van der Waals surface area contributed by atoms with E-state index in [-0.39, 0.29) is 5.28 Å². The third kappa shape index (κ3) is 3.35. The van der Waals surface area contributed by atoms with Crippen LogP contribution in [0.4, 0.5) is 5.82 Å². The number of nitrogens with zero attached hydrogens (tertiary/aromatic N) is 3. The van der Waals surface area contributed by atoms with Crippen LogP contribution in [-0.4, -0.2) is 50.0 Å². The molecule has 0 N–H and O–H groups in total. The number of anilines is 1. The molecule has 1 saturated heterocycles. The summed E-state index contributed by atoms with van der Waals surface area (Å²) < 4.78 is 11.5. The smallest absolute Gasteiger partial charge is 0.224 e. The van der Waals surface area contributed by atoms with Crippen LogP contribution in [0.25, 0.3) is 16.3 Å². The van der Waals surface area contributed by atoms with Gasteiger partial charge in [0.2, 0.25) is 5.28 Å². The van der Waals surface area contributed by atoms with Crippen molar-refractivity contribution in [2.24, 2.45) is 0 Å². The molecule has 3 rings (SSSR count). The highest BCUT2D eigenvalue weighted by Crippen LogP contribution is 2.33. The second-order valence-electron chi connectivity index (χ2n) is 4.64. The largest absolute Gasteiger partial charge is 0.381 e. The van der Waals surface area contributed by atoms with Crippen LogP contribution in [0.2, 0.25) is 5.28 Å². The Hall–Kier alpha value is -1.21. The highest BCUT2D eigenvalue weighted by Gasteiger charge is 2.18. The maximum Gasteiger partial charge on any atom is 0.224 e. The van der Waals surface area contributed by atoms with Crippen molar-refractivity contribution in [1.29, 1.82) is 0 Å². The van der Waals surface area contributed by atoms with E-state index in [1.165, 1.54) is 0 Å². The van der Waals surface area contributed by atoms with Gasteiger partial charge in [0.05, 0.1) is 30.0 Å². The first-order valence-corrected chi connectivity index (χ1v) is 7.92. The minimum Gasteiger partial charge on any atom is -0.381 e. The molecule has 0 saturated carbocycles. The molecule has 1 fully saturated rings. The lowest BCUT2D eigenvalue weighted by Gasteiger charge is -2.28. The van der Waals surface area contributed by atoms with E-state index in [9.17, 15) is 0 Å². The number of hydrogen-bond acceptors (Lipinski definition) is 6. The number of thiophene rings is 1. The second kappa shape index (κ2) is 6.70. The molecule has 0 aromatic carbocycles. The predicted octanol–water partition coefficient (Wildman–Crippen LogP) is 2.84. The lowest BCUT2D eigenvalue weighted by molar-refractivity contribution is 0.122. The van der Waals surface area contributed by atoms with E-state index < -0.39 is 0 Å². The Bertz CT molecular complexity index is 653. The molecule has 21 heavy (non-hydrogen) atoms. The third-order valence-corrected chi connectivity index (χ3v) is 4.46. The molecule has 0 aliphatic carbocycles. The van der Waals surface area contributed by atoms with Gasteiger partial charge in [0, 0.05) is 25.1 Å². The Morgan fingerprint density at radius 3 is 3.00 bits per heavy atom. The van der Waals surface area contributed by atoms with Crippen molar-refractivity contribution in [2.45, 2.75) is 0 Å². The van der Waals surface area contributed by atoms with Gasteiger partial charge in [-0.1, -0.05) is 6.08 Å². The molecule has 0 atom stereocenters. The van der Waals surface area contributed by atoms with Gasteiger partial charge in [-0.05, 0) is 23.7 Å². The van der Waals surface area contributed by atoms with Crippen molar-refractivity contribution >= 4 is 45.0 Å². The van der Waals surface area contributed by atoms with Crippen molar-refractivity contribution in [3.63, 3.8) is 0 Å². The van der Waals surface area contributed by atoms with Gasteiger partial charge in [-0.15, -0.1) is 11.3 Å². The van der Waals surface area contributed by atoms with Gasteiger partial charge >= 0.3 is 0 Å². The summed E-state index contributed by atoms with van der Waals surface area (Å²) in [6.45, 7) is 3.69. The first kappa shape index (κ1) is 14.7. The van der Waals surface area contributed by atoms with E-state index in [2.05, 4.69) is 14.9 Å². The number of halogens is 1. The minimum atomic E-state index is 0.286. The number of hydrogen-bond donors (Lipinski definition) is 0. The third-order valence-electron chi connectivity index (χ3n) is 3.20. The molecule has 2 aromatic rings. The van der Waals surface area contributed by atoms with E-state index in [0.29, 0.717) is 6.61 Å². The van der Waals surface area contributed by atoms with Crippen LogP contribution in [0.3, 0.4) is 0 Å². The van der Waals surface area contributed by atoms with Crippen molar-refractivity contribution in [1.82, 2.24) is 9.97 Å². The van der Waals surface area contributed by atoms with E-state index in [1.54, 1.807) is 18.4 Å². The number of morpholine rings is 1. The molecule has 5 nitrogen and oxygen atoms in total. The summed E-state index contributed by atoms with van der Waals surface area (Å²) >= 11 is 7.73. The van der Waals surface area contributed by atoms with Crippen LogP contribution in [0, 0.1) is 0 Å². The molecule has 0 unspecified atom stereocenters. The van der Waals surface area contributed by atoms with Crippen LogP contribution < -0.4 is 4.90 Å². The Morgan fingerprint density at radius 1 is 1.43 bits per heavy atom. The van der Waals surface area contributed by atoms with Crippen LogP contribution >= 0.6 is 22.9 Å². The van der Waals surface area contributed by atoms with Gasteiger partial charge < -0.3 is 14.4 Å². The quantitative estimate of drug-likeness (QED) is 0.809. The monoisotopic (exact) mass is 325 g/mol. The maximum atomic E-state index is 6.07. The van der Waals surface area contributed by atoms with Crippen LogP contribution in [-0.2, 0) is 9.47 Å². The van der Waals surface area contributed by atoms with Crippen LogP contribution in [0.1, 0.15) is 4.88 Å². The van der Waals surface area contributed by atoms with Gasteiger partial charge in [-0.25, -0.2) is 4.98 Å². The van der Waals surface area contributed by atoms with Gasteiger partial charge in [0.15, 0.2) is 5.82 Å². The van der Waals surface area contributed by atoms with Crippen molar-refractivity contribution in [2.75, 3.05) is 44.9 Å². The molecule has 7 heteroatoms. The van der Waals surface area contributed by atoms with Crippen molar-refractivity contribution in [3.05, 3.63) is 22.3 Å². The molecule has 3 heterocycles. The molecule has 0 spiro atoms. The normalized spacial score (nSPS) is 16.2. The average molecular weight is 326 g/mol. The van der Waals surface area contributed by atoms with E-state index in [0.717, 1.165) is 47.2 Å². The predicted molar refractivity (Wildman–Crippen MR) is 86.4 cm³/mol. The Morgan fingerprint density at radius 2 is 2.24 bits per heavy atom. The molecule has 1 aliphatic heterocycles. The lowest BCUT2D eigenvalue weighted by atomic mass is 10.3. The average Bonchev–Trinajstić information content (AvgIpc) is 2.90. The highest BCUT2D eigenvalue weighted by atomic mass is 35.5. The molecular weight excluding hydrogens is 310 g/mol. The van der Waals surface area contributed by atoms with E-state index in [4.69, 9.17) is 21.1 Å². The van der Waals surface area contributed by atoms with Crippen molar-refractivity contribution < 1.29 is 9.47 Å². The molecule has 112 valence electrons. The lowest BCUT2D eigenvalue weighted by Crippen LogP contribution is -2.36. The number of methoxy groups -OCH3 is 1. The van der Waals surface area contributed by atoms with Crippen molar-refractivity contribution in [3.8, 4) is 0 Å². The SMILES string of the molecule is COCC=Cc1cc2nc(Cl)nc(N3CCOCC3)c2s1. The maximum absolute atomic E-state index is 6.07. The number of ether oxygens (including phenoxy) is 2. The summed E-state index contributed by atoms with van der Waals surface area (Å²) in [5.41, 5.74) is 0.888. The summed E-state index contributed by atoms with van der Waals surface area (Å²) in [6.07, 6.45) is 4.01. The molecule has 0 amide bonds. The Balaban J connectivity index is 1.98. The highest BCUT2D eigenvalue weighted by molar-refractivity contribution is 7.20. The van der Waals surface area contributed by atoms with E-state index in [1.807, 2.05) is 18.2 Å². The van der Waals surface area contributed by atoms with Gasteiger partial charge in [0.1, 0.15) is 0 Å². The van der Waals surface area contributed by atoms with Crippen LogP contribution in [0.15, 0.2) is 12.1 Å². The molecule has 0 radical (unpaired) electrons. The summed E-state index contributed by atoms with van der Waals surface area (Å²) in [4.78, 5) is 12.1. The fourth-order valence-electron chi connectivity index (χ4n) is 2.24. The zero-order chi connectivity index (χ0) is 14.7. The first-order valence-electron chi connectivity index (χ1n) is 6.73. The fraction of sp³-hybridized carbons (Fsp3) is 0.429. The number of aromatic nitrogens is 2. The fourth-order valence-corrected chi connectivity index (χ4v) is 3.45. The van der Waals surface area contributed by atoms with E-state index >= 15 is 0 Å². The summed E-state index contributed by atoms with van der Waals surface area (Å²) in [6, 6.07) is 2.03. The zero-order valence-corrected chi connectivity index (χ0v) is 13.3. The molecule has 0 bridgehead atoms. The molecule has 1 aliphatic rings. The topological polar surface area (TPSA) is 47.5 Å². The van der Waals surface area contributed by atoms with Gasteiger partial charge in [-0.3, -0.25) is 0 Å². The Labute approximate surface area is 132 Å². The molecular formula is C14H16ClN3O2S. The van der Waals surface area contributed by atoms with Crippen LogP contribution in [0.5, 0.6) is 0 Å². The first-order chi connectivity index (χ1) is 10.3. The molecule has 2 aromatic heterocycles. The van der Waals surface area contributed by atoms with Gasteiger partial charge in [0.25, 0.3) is 0 Å². The van der Waals surface area contributed by atoms with Gasteiger partial charge in [-0.2, -0.15) is 4.98 Å². The summed E-state index contributed by atoms with van der Waals surface area (Å²) in [7, 11) is 1.68. The standard InChI is InChI=1S/C14H16ClN3O2S/c1-19-6-2-3-10-9-11-12(21-10)13(17-14(15)16-11)18-4-7-20-8-5-18/h2-3,9H,4-8H2,1H3. The summed E-state index contributed by atoms with van der Waals surface area (Å²) in [5, 5.41) is 0.286. The minimum absolute atomic E-state index is 0.286. The number of rotatable bonds is 4. The number of fused-ring (bicyclic) bond motifs is 1. The zero-order valence-electron chi connectivity index (χ0n) is 11.7.